The molecule has 35 heavy (non-hydrogen) atoms. The SMILES string of the molecule is COc1ccc(N(CC(=O)N(Cc2ccccc2)[C@H](C)C(=O)NC(C)(C)C)S(C)(=O)=O)c(OC)c1. The molecule has 0 bridgehead atoms. The minimum Gasteiger partial charge on any atom is -0.497 e. The van der Waals surface area contributed by atoms with Gasteiger partial charge in [0, 0.05) is 18.2 Å². The Morgan fingerprint density at radius 1 is 1.03 bits per heavy atom. The molecular formula is C25H35N3O6S. The van der Waals surface area contributed by atoms with Crippen LogP contribution in [0, 0.1) is 0 Å². The van der Waals surface area contributed by atoms with Gasteiger partial charge in [-0.2, -0.15) is 0 Å². The summed E-state index contributed by atoms with van der Waals surface area (Å²) in [5, 5.41) is 2.89. The van der Waals surface area contributed by atoms with E-state index in [0.717, 1.165) is 16.1 Å². The number of hydrogen-bond acceptors (Lipinski definition) is 6. The highest BCUT2D eigenvalue weighted by Gasteiger charge is 2.32. The smallest absolute Gasteiger partial charge is 0.244 e. The molecule has 0 saturated heterocycles. The molecule has 0 spiro atoms. The summed E-state index contributed by atoms with van der Waals surface area (Å²) in [6, 6.07) is 13.0. The highest BCUT2D eigenvalue weighted by Crippen LogP contribution is 2.33. The fraction of sp³-hybridized carbons (Fsp3) is 0.440. The van der Waals surface area contributed by atoms with Crippen LogP contribution in [0.1, 0.15) is 33.3 Å². The summed E-state index contributed by atoms with van der Waals surface area (Å²) in [6.45, 7) is 6.80. The summed E-state index contributed by atoms with van der Waals surface area (Å²) in [7, 11) is -0.994. The molecule has 192 valence electrons. The molecule has 2 rings (SSSR count). The van der Waals surface area contributed by atoms with E-state index in [1.54, 1.807) is 19.1 Å². The van der Waals surface area contributed by atoms with Gasteiger partial charge in [0.2, 0.25) is 21.8 Å². The second-order valence-electron chi connectivity index (χ2n) is 9.23. The van der Waals surface area contributed by atoms with Crippen LogP contribution in [0.2, 0.25) is 0 Å². The summed E-state index contributed by atoms with van der Waals surface area (Å²) in [5.41, 5.74) is 0.502. The van der Waals surface area contributed by atoms with Gasteiger partial charge in [-0.3, -0.25) is 13.9 Å². The van der Waals surface area contributed by atoms with E-state index in [1.807, 2.05) is 51.1 Å². The van der Waals surface area contributed by atoms with Crippen LogP contribution in [0.25, 0.3) is 0 Å². The van der Waals surface area contributed by atoms with Crippen molar-refractivity contribution in [3.05, 3.63) is 54.1 Å². The zero-order valence-electron chi connectivity index (χ0n) is 21.4. The maximum atomic E-state index is 13.6. The molecule has 0 aliphatic carbocycles. The lowest BCUT2D eigenvalue weighted by atomic mass is 10.1. The van der Waals surface area contributed by atoms with Gasteiger partial charge in [-0.15, -0.1) is 0 Å². The average molecular weight is 506 g/mol. The summed E-state index contributed by atoms with van der Waals surface area (Å²) < 4.78 is 37.0. The van der Waals surface area contributed by atoms with E-state index in [1.165, 1.54) is 25.2 Å². The van der Waals surface area contributed by atoms with E-state index < -0.39 is 34.1 Å². The zero-order chi connectivity index (χ0) is 26.4. The van der Waals surface area contributed by atoms with E-state index in [-0.39, 0.29) is 23.9 Å². The fourth-order valence-corrected chi connectivity index (χ4v) is 4.28. The normalized spacial score (nSPS) is 12.4. The Balaban J connectivity index is 2.45. The monoisotopic (exact) mass is 505 g/mol. The Labute approximate surface area is 208 Å². The lowest BCUT2D eigenvalue weighted by Crippen LogP contribution is -2.54. The van der Waals surface area contributed by atoms with E-state index in [0.29, 0.717) is 5.75 Å². The number of amides is 2. The van der Waals surface area contributed by atoms with Gasteiger partial charge in [0.05, 0.1) is 26.2 Å². The lowest BCUT2D eigenvalue weighted by molar-refractivity contribution is -0.140. The Hall–Kier alpha value is -3.27. The summed E-state index contributed by atoms with van der Waals surface area (Å²) in [6.07, 6.45) is 1.02. The molecule has 0 saturated carbocycles. The number of carbonyl (C=O) groups excluding carboxylic acids is 2. The second kappa shape index (κ2) is 11.4. The van der Waals surface area contributed by atoms with E-state index in [4.69, 9.17) is 9.47 Å². The van der Waals surface area contributed by atoms with Crippen molar-refractivity contribution in [3.8, 4) is 11.5 Å². The van der Waals surface area contributed by atoms with Gasteiger partial charge < -0.3 is 19.7 Å². The van der Waals surface area contributed by atoms with E-state index in [9.17, 15) is 18.0 Å². The molecule has 2 aromatic carbocycles. The highest BCUT2D eigenvalue weighted by molar-refractivity contribution is 7.92. The number of carbonyl (C=O) groups is 2. The molecule has 0 heterocycles. The van der Waals surface area contributed by atoms with Gasteiger partial charge in [0.1, 0.15) is 24.1 Å². The number of rotatable bonds is 10. The zero-order valence-corrected chi connectivity index (χ0v) is 22.2. The fourth-order valence-electron chi connectivity index (χ4n) is 3.42. The number of nitrogens with one attached hydrogen (secondary N) is 1. The minimum absolute atomic E-state index is 0.135. The first-order valence-corrected chi connectivity index (χ1v) is 13.0. The van der Waals surface area contributed by atoms with Crippen molar-refractivity contribution in [2.45, 2.75) is 45.8 Å². The topological polar surface area (TPSA) is 105 Å². The molecule has 1 N–H and O–H groups in total. The molecule has 9 nitrogen and oxygen atoms in total. The first-order valence-electron chi connectivity index (χ1n) is 11.1. The minimum atomic E-state index is -3.88. The van der Waals surface area contributed by atoms with Gasteiger partial charge in [-0.1, -0.05) is 30.3 Å². The van der Waals surface area contributed by atoms with Crippen LogP contribution in [0.5, 0.6) is 11.5 Å². The van der Waals surface area contributed by atoms with Crippen molar-refractivity contribution < 1.29 is 27.5 Å². The summed E-state index contributed by atoms with van der Waals surface area (Å²) >= 11 is 0. The molecule has 0 aliphatic rings. The number of methoxy groups -OCH3 is 2. The van der Waals surface area contributed by atoms with Crippen molar-refractivity contribution in [3.63, 3.8) is 0 Å². The van der Waals surface area contributed by atoms with Crippen LogP contribution >= 0.6 is 0 Å². The standard InChI is InChI=1S/C25H35N3O6S/c1-18(24(30)26-25(2,3)4)27(16-19-11-9-8-10-12-19)23(29)17-28(35(7,31)32)21-14-13-20(33-5)15-22(21)34-6/h8-15,18H,16-17H2,1-7H3,(H,26,30)/t18-/m1/s1. The largest absolute Gasteiger partial charge is 0.497 e. The van der Waals surface area contributed by atoms with Crippen molar-refractivity contribution in [2.24, 2.45) is 0 Å². The third-order valence-corrected chi connectivity index (χ3v) is 6.32. The Bertz CT molecular complexity index is 1130. The molecule has 0 unspecified atom stereocenters. The van der Waals surface area contributed by atoms with Crippen LogP contribution in [0.4, 0.5) is 5.69 Å². The number of hydrogen-bond donors (Lipinski definition) is 1. The third-order valence-electron chi connectivity index (χ3n) is 5.20. The van der Waals surface area contributed by atoms with Gasteiger partial charge in [0.25, 0.3) is 0 Å². The molecule has 0 aliphatic heterocycles. The van der Waals surface area contributed by atoms with E-state index >= 15 is 0 Å². The first kappa shape index (κ1) is 28.0. The highest BCUT2D eigenvalue weighted by atomic mass is 32.2. The maximum absolute atomic E-state index is 13.6. The van der Waals surface area contributed by atoms with Crippen LogP contribution in [0.15, 0.2) is 48.5 Å². The predicted octanol–water partition coefficient (Wildman–Crippen LogP) is 2.80. The van der Waals surface area contributed by atoms with Crippen LogP contribution in [0.3, 0.4) is 0 Å². The predicted molar refractivity (Wildman–Crippen MR) is 136 cm³/mol. The molecule has 1 atom stereocenters. The average Bonchev–Trinajstić information content (AvgIpc) is 2.78. The molecular weight excluding hydrogens is 470 g/mol. The van der Waals surface area contributed by atoms with Crippen LogP contribution < -0.4 is 19.1 Å². The number of nitrogens with zero attached hydrogens (tertiary/aromatic N) is 2. The van der Waals surface area contributed by atoms with Crippen molar-refractivity contribution in [2.75, 3.05) is 31.3 Å². The van der Waals surface area contributed by atoms with Gasteiger partial charge >= 0.3 is 0 Å². The van der Waals surface area contributed by atoms with Crippen molar-refractivity contribution >= 4 is 27.5 Å². The summed E-state index contributed by atoms with van der Waals surface area (Å²) in [4.78, 5) is 27.9. The second-order valence-corrected chi connectivity index (χ2v) is 11.1. The summed E-state index contributed by atoms with van der Waals surface area (Å²) in [5.74, 6) is -0.164. The Morgan fingerprint density at radius 2 is 1.66 bits per heavy atom. The van der Waals surface area contributed by atoms with Gasteiger partial charge in [-0.25, -0.2) is 8.42 Å². The Morgan fingerprint density at radius 3 is 2.17 bits per heavy atom. The molecule has 0 fully saturated rings. The van der Waals surface area contributed by atoms with Crippen LogP contribution in [-0.2, 0) is 26.2 Å². The van der Waals surface area contributed by atoms with Gasteiger partial charge in [0.15, 0.2) is 0 Å². The molecule has 10 heteroatoms. The molecule has 0 radical (unpaired) electrons. The lowest BCUT2D eigenvalue weighted by Gasteiger charge is -2.33. The maximum Gasteiger partial charge on any atom is 0.244 e. The number of sulfonamides is 1. The molecule has 2 aromatic rings. The number of anilines is 1. The van der Waals surface area contributed by atoms with Crippen molar-refractivity contribution in [1.82, 2.24) is 10.2 Å². The number of ether oxygens (including phenoxy) is 2. The molecule has 0 aromatic heterocycles. The van der Waals surface area contributed by atoms with Crippen molar-refractivity contribution in [1.29, 1.82) is 0 Å². The quantitative estimate of drug-likeness (QED) is 0.532. The Kier molecular flexibility index (Phi) is 9.14. The molecule has 2 amide bonds. The van der Waals surface area contributed by atoms with E-state index in [2.05, 4.69) is 5.32 Å². The number of benzene rings is 2. The van der Waals surface area contributed by atoms with Crippen LogP contribution in [-0.4, -0.2) is 63.7 Å². The van der Waals surface area contributed by atoms with Gasteiger partial charge in [-0.05, 0) is 45.4 Å². The third kappa shape index (κ3) is 7.88. The first-order chi connectivity index (χ1) is 16.3.